The zero-order valence-electron chi connectivity index (χ0n) is 32.7. The number of rotatable bonds is 33. The van der Waals surface area contributed by atoms with E-state index in [2.05, 4.69) is 52.3 Å². The van der Waals surface area contributed by atoms with E-state index in [1.165, 1.54) is 18.0 Å². The van der Waals surface area contributed by atoms with Gasteiger partial charge in [-0.05, 0) is 44.0 Å². The summed E-state index contributed by atoms with van der Waals surface area (Å²) in [7, 11) is 2.08. The van der Waals surface area contributed by atoms with Crippen molar-refractivity contribution in [2.24, 2.45) is 5.92 Å². The fourth-order valence-electron chi connectivity index (χ4n) is 5.37. The molecule has 1 heterocycles. The van der Waals surface area contributed by atoms with Crippen LogP contribution in [0.25, 0.3) is 10.9 Å². The molecule has 2 amide bonds. The molecule has 0 aliphatic carbocycles. The van der Waals surface area contributed by atoms with E-state index in [-0.39, 0.29) is 55.2 Å². The van der Waals surface area contributed by atoms with Gasteiger partial charge in [-0.3, -0.25) is 19.2 Å². The molecule has 0 bridgehead atoms. The number of para-hydroxylation sites is 1. The highest BCUT2D eigenvalue weighted by molar-refractivity contribution is 5.88. The van der Waals surface area contributed by atoms with Gasteiger partial charge in [0.25, 0.3) is 0 Å². The van der Waals surface area contributed by atoms with Crippen LogP contribution in [0.1, 0.15) is 59.1 Å². The molecule has 53 heavy (non-hydrogen) atoms. The number of hydrogen-bond donors (Lipinski definition) is 2. The summed E-state index contributed by atoms with van der Waals surface area (Å²) in [6, 6.07) is 9.95. The van der Waals surface area contributed by atoms with Crippen molar-refractivity contribution in [1.29, 1.82) is 0 Å². The smallest absolute Gasteiger partial charge is 0.222 e. The van der Waals surface area contributed by atoms with Crippen molar-refractivity contribution < 1.29 is 47.6 Å². The number of carbonyl (C=O) groups is 4. The molecule has 2 rings (SSSR count). The fourth-order valence-corrected chi connectivity index (χ4v) is 5.37. The Labute approximate surface area is 315 Å². The molecule has 0 aliphatic heterocycles. The van der Waals surface area contributed by atoms with Gasteiger partial charge in [0.2, 0.25) is 11.8 Å². The second-order valence-corrected chi connectivity index (χ2v) is 13.1. The van der Waals surface area contributed by atoms with Crippen molar-refractivity contribution in [1.82, 2.24) is 20.1 Å². The van der Waals surface area contributed by atoms with Crippen molar-refractivity contribution >= 4 is 34.3 Å². The summed E-state index contributed by atoms with van der Waals surface area (Å²) >= 11 is 0. The topological polar surface area (TPSA) is 156 Å². The van der Waals surface area contributed by atoms with Crippen LogP contribution in [0, 0.1) is 5.92 Å². The summed E-state index contributed by atoms with van der Waals surface area (Å²) in [4.78, 5) is 50.6. The van der Waals surface area contributed by atoms with Gasteiger partial charge in [-0.2, -0.15) is 0 Å². The molecule has 2 N–H and O–H groups in total. The maximum Gasteiger partial charge on any atom is 0.222 e. The summed E-state index contributed by atoms with van der Waals surface area (Å²) in [6.07, 6.45) is 0.973. The van der Waals surface area contributed by atoms with Crippen LogP contribution in [-0.4, -0.2) is 138 Å². The number of ether oxygens (including phenoxy) is 6. The number of carbonyl (C=O) groups excluding carboxylic acids is 4. The van der Waals surface area contributed by atoms with E-state index in [1.54, 1.807) is 0 Å². The molecular formula is C39H64N4O10. The third kappa shape index (κ3) is 20.7. The number of aryl methyl sites for hydroxylation is 1. The maximum atomic E-state index is 12.6. The highest BCUT2D eigenvalue weighted by atomic mass is 16.6. The van der Waals surface area contributed by atoms with Crippen LogP contribution in [0.2, 0.25) is 0 Å². The number of nitrogens with zero attached hydrogens (tertiary/aromatic N) is 2. The second kappa shape index (κ2) is 28.2. The van der Waals surface area contributed by atoms with E-state index >= 15 is 0 Å². The van der Waals surface area contributed by atoms with Gasteiger partial charge in [0.1, 0.15) is 5.78 Å². The summed E-state index contributed by atoms with van der Waals surface area (Å²) in [5, 5.41) is 6.72. The Morgan fingerprint density at radius 1 is 0.717 bits per heavy atom. The zero-order valence-corrected chi connectivity index (χ0v) is 32.7. The minimum absolute atomic E-state index is 0.0460. The van der Waals surface area contributed by atoms with Gasteiger partial charge < -0.3 is 48.5 Å². The van der Waals surface area contributed by atoms with Crippen molar-refractivity contribution in [2.75, 3.05) is 99.4 Å². The number of Topliss-reactive ketones (excluding diaryl/α,β-unsaturated/α-hetero) is 2. The molecule has 14 heteroatoms. The average Bonchev–Trinajstić information content (AvgIpc) is 3.48. The fraction of sp³-hybridized carbons (Fsp3) is 0.692. The van der Waals surface area contributed by atoms with Crippen molar-refractivity contribution in [3.63, 3.8) is 0 Å². The molecular weight excluding hydrogens is 684 g/mol. The first-order valence-electron chi connectivity index (χ1n) is 18.9. The first-order chi connectivity index (χ1) is 25.6. The summed E-state index contributed by atoms with van der Waals surface area (Å²) in [6.45, 7) is 15.0. The highest BCUT2D eigenvalue weighted by Gasteiger charge is 2.20. The molecule has 0 radical (unpaired) electrons. The highest BCUT2D eigenvalue weighted by Crippen LogP contribution is 2.21. The molecule has 0 aliphatic rings. The van der Waals surface area contributed by atoms with E-state index in [0.717, 1.165) is 18.6 Å². The van der Waals surface area contributed by atoms with Crippen LogP contribution < -0.4 is 10.6 Å². The molecule has 300 valence electrons. The first-order valence-corrected chi connectivity index (χ1v) is 18.9. The SMILES string of the molecule is CCN(C)Cc1cc2ccccc2n1CCC(=O)CCC(=O)NCCOCCOCCOCCOCCOCCOCCC(=O)N[C@H](C(C)=O)C(C)C. The summed E-state index contributed by atoms with van der Waals surface area (Å²) in [5.41, 5.74) is 2.31. The molecule has 0 saturated heterocycles. The van der Waals surface area contributed by atoms with Gasteiger partial charge in [-0.15, -0.1) is 0 Å². The van der Waals surface area contributed by atoms with Crippen LogP contribution in [0.5, 0.6) is 0 Å². The molecule has 14 nitrogen and oxygen atoms in total. The predicted molar refractivity (Wildman–Crippen MR) is 203 cm³/mol. The third-order valence-corrected chi connectivity index (χ3v) is 8.44. The van der Waals surface area contributed by atoms with E-state index < -0.39 is 6.04 Å². The van der Waals surface area contributed by atoms with Gasteiger partial charge in [-0.25, -0.2) is 0 Å². The molecule has 0 saturated carbocycles. The lowest BCUT2D eigenvalue weighted by Gasteiger charge is -2.19. The molecule has 1 aromatic heterocycles. The van der Waals surface area contributed by atoms with Gasteiger partial charge in [0.05, 0.1) is 85.3 Å². The summed E-state index contributed by atoms with van der Waals surface area (Å²) < 4.78 is 35.0. The third-order valence-electron chi connectivity index (χ3n) is 8.44. The van der Waals surface area contributed by atoms with Gasteiger partial charge in [0, 0.05) is 56.5 Å². The van der Waals surface area contributed by atoms with E-state index in [9.17, 15) is 19.2 Å². The van der Waals surface area contributed by atoms with Gasteiger partial charge in [-0.1, -0.05) is 39.0 Å². The number of hydrogen-bond acceptors (Lipinski definition) is 11. The van der Waals surface area contributed by atoms with Crippen molar-refractivity contribution in [2.45, 2.75) is 72.5 Å². The molecule has 0 fully saturated rings. The van der Waals surface area contributed by atoms with Crippen LogP contribution in [0.4, 0.5) is 0 Å². The maximum absolute atomic E-state index is 12.6. The number of amides is 2. The lowest BCUT2D eigenvalue weighted by molar-refractivity contribution is -0.128. The number of benzene rings is 1. The Morgan fingerprint density at radius 2 is 1.26 bits per heavy atom. The normalized spacial score (nSPS) is 12.1. The lowest BCUT2D eigenvalue weighted by Crippen LogP contribution is -2.43. The minimum Gasteiger partial charge on any atom is -0.379 e. The Hall–Kier alpha value is -3.24. The van der Waals surface area contributed by atoms with E-state index in [0.29, 0.717) is 92.2 Å². The number of nitrogens with one attached hydrogen (secondary N) is 2. The van der Waals surface area contributed by atoms with Crippen LogP contribution in [-0.2, 0) is 60.7 Å². The van der Waals surface area contributed by atoms with Gasteiger partial charge >= 0.3 is 0 Å². The Balaban J connectivity index is 1.34. The van der Waals surface area contributed by atoms with Crippen LogP contribution >= 0.6 is 0 Å². The van der Waals surface area contributed by atoms with Crippen molar-refractivity contribution in [3.05, 3.63) is 36.0 Å². The Kier molecular flexibility index (Phi) is 24.5. The second-order valence-electron chi connectivity index (χ2n) is 13.1. The number of aromatic nitrogens is 1. The molecule has 0 unspecified atom stereocenters. The average molecular weight is 749 g/mol. The van der Waals surface area contributed by atoms with E-state index in [4.69, 9.17) is 28.4 Å². The monoisotopic (exact) mass is 748 g/mol. The van der Waals surface area contributed by atoms with Crippen LogP contribution in [0.15, 0.2) is 30.3 Å². The standard InChI is InChI=1S/C39H64N4O10/c1-6-42(5)30-34-29-33-9-7-8-10-36(33)43(34)16-13-35(45)11-12-37(46)40-15-18-49-20-22-51-24-26-53-28-27-52-25-23-50-21-19-48-17-14-38(47)41-39(31(2)3)32(4)44/h7-10,29,31,39H,6,11-28,30H2,1-5H3,(H,40,46)(H,41,47)/t39-/m0/s1. The molecule has 1 aromatic carbocycles. The first kappa shape index (κ1) is 45.9. The van der Waals surface area contributed by atoms with Crippen molar-refractivity contribution in [3.8, 4) is 0 Å². The lowest BCUT2D eigenvalue weighted by atomic mass is 10.0. The predicted octanol–water partition coefficient (Wildman–Crippen LogP) is 3.17. The molecule has 2 aromatic rings. The minimum atomic E-state index is -0.464. The molecule has 0 spiro atoms. The molecule has 1 atom stereocenters. The largest absolute Gasteiger partial charge is 0.379 e. The van der Waals surface area contributed by atoms with Crippen LogP contribution in [0.3, 0.4) is 0 Å². The van der Waals surface area contributed by atoms with Gasteiger partial charge in [0.15, 0.2) is 5.78 Å². The Morgan fingerprint density at radius 3 is 1.81 bits per heavy atom. The number of fused-ring (bicyclic) bond motifs is 1. The van der Waals surface area contributed by atoms with E-state index in [1.807, 2.05) is 26.0 Å². The number of ketones is 2. The Bertz CT molecular complexity index is 1330. The summed E-state index contributed by atoms with van der Waals surface area (Å²) in [5.74, 6) is -0.290. The quantitative estimate of drug-likeness (QED) is 0.104. The zero-order chi connectivity index (χ0) is 38.7.